The second-order valence-electron chi connectivity index (χ2n) is 5.05. The van der Waals surface area contributed by atoms with Gasteiger partial charge in [0.2, 0.25) is 0 Å². The largest absolute Gasteiger partial charge is 0.374 e. The number of amides is 1. The standard InChI is InChI=1S/C14H22N4O/c1-15-14(19)13-9-12(5-8-17-13)18(2)10-11-3-6-16-7-4-11/h5,8-9,11,16H,3-4,6-7,10H2,1-2H3,(H,15,19). The maximum atomic E-state index is 11.6. The highest BCUT2D eigenvalue weighted by Gasteiger charge is 2.16. The number of nitrogens with one attached hydrogen (secondary N) is 2. The fourth-order valence-corrected chi connectivity index (χ4v) is 2.47. The van der Waals surface area contributed by atoms with Crippen molar-refractivity contribution in [3.63, 3.8) is 0 Å². The third-order valence-electron chi connectivity index (χ3n) is 3.63. The highest BCUT2D eigenvalue weighted by Crippen LogP contribution is 2.18. The van der Waals surface area contributed by atoms with Gasteiger partial charge < -0.3 is 15.5 Å². The molecule has 0 aromatic carbocycles. The lowest BCUT2D eigenvalue weighted by Crippen LogP contribution is -2.34. The Morgan fingerprint density at radius 1 is 1.53 bits per heavy atom. The fraction of sp³-hybridized carbons (Fsp3) is 0.571. The molecule has 2 rings (SSSR count). The van der Waals surface area contributed by atoms with Gasteiger partial charge in [0, 0.05) is 32.5 Å². The summed E-state index contributed by atoms with van der Waals surface area (Å²) in [6, 6.07) is 3.80. The third-order valence-corrected chi connectivity index (χ3v) is 3.63. The molecule has 5 heteroatoms. The molecule has 1 saturated heterocycles. The van der Waals surface area contributed by atoms with Gasteiger partial charge in [0.05, 0.1) is 0 Å². The number of carbonyl (C=O) groups is 1. The lowest BCUT2D eigenvalue weighted by molar-refractivity contribution is 0.0958. The average molecular weight is 262 g/mol. The zero-order valence-corrected chi connectivity index (χ0v) is 11.6. The Hall–Kier alpha value is -1.62. The van der Waals surface area contributed by atoms with E-state index in [0.29, 0.717) is 5.69 Å². The SMILES string of the molecule is CNC(=O)c1cc(N(C)CC2CCNCC2)ccn1. The minimum absolute atomic E-state index is 0.142. The minimum atomic E-state index is -0.142. The molecule has 1 amide bonds. The fourth-order valence-electron chi connectivity index (χ4n) is 2.47. The van der Waals surface area contributed by atoms with Crippen LogP contribution in [0.15, 0.2) is 18.3 Å². The summed E-state index contributed by atoms with van der Waals surface area (Å²) in [5.74, 6) is 0.583. The van der Waals surface area contributed by atoms with E-state index in [1.54, 1.807) is 13.2 Å². The maximum absolute atomic E-state index is 11.6. The Morgan fingerprint density at radius 3 is 2.95 bits per heavy atom. The number of pyridine rings is 1. The average Bonchev–Trinajstić information content (AvgIpc) is 2.47. The molecule has 0 spiro atoms. The van der Waals surface area contributed by atoms with E-state index in [2.05, 4.69) is 27.6 Å². The zero-order chi connectivity index (χ0) is 13.7. The van der Waals surface area contributed by atoms with Crippen LogP contribution in [-0.2, 0) is 0 Å². The molecule has 0 saturated carbocycles. The molecule has 0 radical (unpaired) electrons. The van der Waals surface area contributed by atoms with Crippen LogP contribution in [0, 0.1) is 5.92 Å². The summed E-state index contributed by atoms with van der Waals surface area (Å²) in [6.45, 7) is 3.25. The van der Waals surface area contributed by atoms with E-state index in [9.17, 15) is 4.79 Å². The third kappa shape index (κ3) is 3.67. The smallest absolute Gasteiger partial charge is 0.269 e. The molecule has 0 aliphatic carbocycles. The van der Waals surface area contributed by atoms with E-state index in [1.165, 1.54) is 12.8 Å². The zero-order valence-electron chi connectivity index (χ0n) is 11.6. The van der Waals surface area contributed by atoms with Crippen LogP contribution in [0.4, 0.5) is 5.69 Å². The molecule has 2 heterocycles. The summed E-state index contributed by atoms with van der Waals surface area (Å²) < 4.78 is 0. The van der Waals surface area contributed by atoms with Gasteiger partial charge in [-0.25, -0.2) is 0 Å². The number of anilines is 1. The Labute approximate surface area is 114 Å². The van der Waals surface area contributed by atoms with Crippen molar-refractivity contribution >= 4 is 11.6 Å². The second-order valence-corrected chi connectivity index (χ2v) is 5.05. The second kappa shape index (κ2) is 6.52. The molecule has 1 fully saturated rings. The van der Waals surface area contributed by atoms with Crippen molar-refractivity contribution < 1.29 is 4.79 Å². The Morgan fingerprint density at radius 2 is 2.26 bits per heavy atom. The van der Waals surface area contributed by atoms with Crippen molar-refractivity contribution in [2.45, 2.75) is 12.8 Å². The number of hydrogen-bond acceptors (Lipinski definition) is 4. The number of nitrogens with zero attached hydrogens (tertiary/aromatic N) is 2. The summed E-state index contributed by atoms with van der Waals surface area (Å²) in [6.07, 6.45) is 4.13. The van der Waals surface area contributed by atoms with Crippen LogP contribution in [-0.4, -0.2) is 44.6 Å². The summed E-state index contributed by atoms with van der Waals surface area (Å²) in [5.41, 5.74) is 1.52. The lowest BCUT2D eigenvalue weighted by atomic mass is 9.97. The first kappa shape index (κ1) is 13.8. The van der Waals surface area contributed by atoms with Gasteiger partial charge in [-0.1, -0.05) is 0 Å². The van der Waals surface area contributed by atoms with Crippen LogP contribution in [0.25, 0.3) is 0 Å². The predicted octanol–water partition coefficient (Wildman–Crippen LogP) is 0.877. The van der Waals surface area contributed by atoms with Crippen molar-refractivity contribution in [3.05, 3.63) is 24.0 Å². The van der Waals surface area contributed by atoms with Crippen molar-refractivity contribution in [2.24, 2.45) is 5.92 Å². The van der Waals surface area contributed by atoms with Crippen molar-refractivity contribution in [3.8, 4) is 0 Å². The molecule has 1 aliphatic rings. The summed E-state index contributed by atoms with van der Waals surface area (Å²) in [4.78, 5) is 17.9. The first-order valence-corrected chi connectivity index (χ1v) is 6.80. The number of rotatable bonds is 4. The number of carbonyl (C=O) groups excluding carboxylic acids is 1. The normalized spacial score (nSPS) is 16.1. The van der Waals surface area contributed by atoms with Gasteiger partial charge >= 0.3 is 0 Å². The quantitative estimate of drug-likeness (QED) is 0.845. The number of aromatic nitrogens is 1. The molecule has 1 aromatic heterocycles. The van der Waals surface area contributed by atoms with E-state index < -0.39 is 0 Å². The van der Waals surface area contributed by atoms with Crippen LogP contribution in [0.1, 0.15) is 23.3 Å². The van der Waals surface area contributed by atoms with E-state index in [1.807, 2.05) is 12.1 Å². The molecule has 2 N–H and O–H groups in total. The molecular formula is C14H22N4O. The summed E-state index contributed by atoms with van der Waals surface area (Å²) in [7, 11) is 3.69. The van der Waals surface area contributed by atoms with Crippen molar-refractivity contribution in [1.29, 1.82) is 0 Å². The highest BCUT2D eigenvalue weighted by molar-refractivity contribution is 5.92. The van der Waals surface area contributed by atoms with E-state index in [-0.39, 0.29) is 5.91 Å². The molecule has 0 bridgehead atoms. The molecule has 5 nitrogen and oxygen atoms in total. The number of piperidine rings is 1. The molecule has 1 aliphatic heterocycles. The Bertz CT molecular complexity index is 429. The first-order chi connectivity index (χ1) is 9.20. The van der Waals surface area contributed by atoms with E-state index in [0.717, 1.165) is 31.2 Å². The van der Waals surface area contributed by atoms with Crippen LogP contribution in [0.2, 0.25) is 0 Å². The van der Waals surface area contributed by atoms with Crippen molar-refractivity contribution in [1.82, 2.24) is 15.6 Å². The topological polar surface area (TPSA) is 57.3 Å². The van der Waals surface area contributed by atoms with Gasteiger partial charge in [0.15, 0.2) is 0 Å². The molecular weight excluding hydrogens is 240 g/mol. The van der Waals surface area contributed by atoms with Crippen LogP contribution < -0.4 is 15.5 Å². The van der Waals surface area contributed by atoms with E-state index in [4.69, 9.17) is 0 Å². The molecule has 1 aromatic rings. The van der Waals surface area contributed by atoms with E-state index >= 15 is 0 Å². The number of hydrogen-bond donors (Lipinski definition) is 2. The first-order valence-electron chi connectivity index (χ1n) is 6.80. The van der Waals surface area contributed by atoms with Gasteiger partial charge in [-0.15, -0.1) is 0 Å². The highest BCUT2D eigenvalue weighted by atomic mass is 16.1. The van der Waals surface area contributed by atoms with Gasteiger partial charge in [0.25, 0.3) is 5.91 Å². The van der Waals surface area contributed by atoms with Gasteiger partial charge in [0.1, 0.15) is 5.69 Å². The van der Waals surface area contributed by atoms with Gasteiger partial charge in [-0.2, -0.15) is 0 Å². The Balaban J connectivity index is 2.01. The molecule has 0 unspecified atom stereocenters. The molecule has 0 atom stereocenters. The van der Waals surface area contributed by atoms with Crippen LogP contribution in [0.5, 0.6) is 0 Å². The maximum Gasteiger partial charge on any atom is 0.269 e. The van der Waals surface area contributed by atoms with Gasteiger partial charge in [-0.05, 0) is 44.0 Å². The lowest BCUT2D eigenvalue weighted by Gasteiger charge is -2.28. The predicted molar refractivity (Wildman–Crippen MR) is 76.5 cm³/mol. The van der Waals surface area contributed by atoms with Crippen molar-refractivity contribution in [2.75, 3.05) is 38.6 Å². The Kier molecular flexibility index (Phi) is 4.74. The van der Waals surface area contributed by atoms with Crippen LogP contribution >= 0.6 is 0 Å². The molecule has 104 valence electrons. The molecule has 19 heavy (non-hydrogen) atoms. The van der Waals surface area contributed by atoms with Gasteiger partial charge in [-0.3, -0.25) is 9.78 Å². The summed E-state index contributed by atoms with van der Waals surface area (Å²) in [5, 5.41) is 5.98. The summed E-state index contributed by atoms with van der Waals surface area (Å²) >= 11 is 0. The minimum Gasteiger partial charge on any atom is -0.374 e. The van der Waals surface area contributed by atoms with Crippen LogP contribution in [0.3, 0.4) is 0 Å². The monoisotopic (exact) mass is 262 g/mol.